The molecule has 7 aromatic rings. The van der Waals surface area contributed by atoms with Crippen molar-refractivity contribution in [3.63, 3.8) is 0 Å². The van der Waals surface area contributed by atoms with E-state index in [-0.39, 0.29) is 34.8 Å². The average Bonchev–Trinajstić information content (AvgIpc) is 3.57. The number of carbonyl (C=O) groups is 2. The number of nitrogens with zero attached hydrogens (tertiary/aromatic N) is 2. The summed E-state index contributed by atoms with van der Waals surface area (Å²) in [5.74, 6) is -2.10. The molecule has 0 amide bonds. The maximum Gasteiger partial charge on any atom is 2.00 e. The zero-order chi connectivity index (χ0) is 27.9. The zero-order valence-corrected chi connectivity index (χ0v) is 23.2. The quantitative estimate of drug-likeness (QED) is 0.177. The Morgan fingerprint density at radius 1 is 0.595 bits per heavy atom. The number of fused-ring (bicyclic) bond motifs is 5. The Labute approximate surface area is 250 Å². The second-order valence-corrected chi connectivity index (χ2v) is 9.03. The van der Waals surface area contributed by atoms with E-state index in [1.807, 2.05) is 60.7 Å². The summed E-state index contributed by atoms with van der Waals surface area (Å²) in [6.45, 7) is 0. The third-order valence-electron chi connectivity index (χ3n) is 6.36. The average molecular weight is 606 g/mol. The molecule has 42 heavy (non-hydrogen) atoms. The molecule has 0 radical (unpaired) electrons. The number of rotatable bonds is 4. The number of aromatic amines is 2. The van der Waals surface area contributed by atoms with E-state index in [4.69, 9.17) is 0 Å². The number of H-pyrrole nitrogens is 2. The number of hydrogen-bond donors (Lipinski definition) is 2. The molecule has 0 aliphatic rings. The van der Waals surface area contributed by atoms with Crippen LogP contribution in [0.25, 0.3) is 43.6 Å². The molecular formula is C32H27N4NiO5+. The Bertz CT molecular complexity index is 1810. The third-order valence-corrected chi connectivity index (χ3v) is 6.36. The molecule has 0 unspecified atom stereocenters. The van der Waals surface area contributed by atoms with Gasteiger partial charge in [-0.2, -0.15) is 0 Å². The van der Waals surface area contributed by atoms with Crippen molar-refractivity contribution in [2.24, 2.45) is 0 Å². The van der Waals surface area contributed by atoms with Gasteiger partial charge in [-0.3, -0.25) is 9.97 Å². The standard InChI is InChI=1S/C12H8N2.2C10H9NO2.Ni.H2O/c1-3-9-5-6-10-4-2-8-14-12(10)11(9)13-7-1;2*12-10(13)5-7-6-11-9-4-2-1-3-8(7)9;;/h1-8H;2*1-4,6,11H,5H2,(H,12,13);;1H2/q;;;+2;/p-1. The second-order valence-electron chi connectivity index (χ2n) is 9.03. The number of carboxylic acids is 2. The van der Waals surface area contributed by atoms with E-state index < -0.39 is 11.9 Å². The van der Waals surface area contributed by atoms with E-state index >= 15 is 0 Å². The summed E-state index contributed by atoms with van der Waals surface area (Å²) in [6, 6.07) is 27.3. The van der Waals surface area contributed by atoms with Gasteiger partial charge in [-0.25, -0.2) is 0 Å². The first kappa shape index (κ1) is 31.5. The molecule has 5 N–H and O–H groups in total. The molecule has 3 aromatic carbocycles. The fraction of sp³-hybridized carbons (Fsp3) is 0.0625. The van der Waals surface area contributed by atoms with Crippen LogP contribution in [0.15, 0.2) is 110 Å². The second kappa shape index (κ2) is 14.5. The molecule has 0 fully saturated rings. The summed E-state index contributed by atoms with van der Waals surface area (Å²) >= 11 is 0. The molecule has 10 heteroatoms. The predicted octanol–water partition coefficient (Wildman–Crippen LogP) is 2.78. The van der Waals surface area contributed by atoms with E-state index in [1.165, 1.54) is 0 Å². The minimum absolute atomic E-state index is 0. The number of nitrogens with one attached hydrogen (secondary N) is 2. The van der Waals surface area contributed by atoms with Gasteiger partial charge in [0.05, 0.1) is 11.0 Å². The number of aromatic nitrogens is 4. The number of benzene rings is 3. The summed E-state index contributed by atoms with van der Waals surface area (Å²) in [5.41, 5.74) is 5.42. The van der Waals surface area contributed by atoms with Gasteiger partial charge in [-0.1, -0.05) is 60.7 Å². The monoisotopic (exact) mass is 605 g/mol. The molecule has 4 heterocycles. The first-order chi connectivity index (χ1) is 19.5. The fourth-order valence-corrected chi connectivity index (χ4v) is 4.55. The van der Waals surface area contributed by atoms with Gasteiger partial charge in [0.25, 0.3) is 0 Å². The summed E-state index contributed by atoms with van der Waals surface area (Å²) in [5, 5.41) is 24.9. The van der Waals surface area contributed by atoms with Gasteiger partial charge in [0.1, 0.15) is 0 Å². The van der Waals surface area contributed by atoms with E-state index in [2.05, 4.69) is 44.2 Å². The van der Waals surface area contributed by atoms with Crippen molar-refractivity contribution in [3.05, 3.63) is 121 Å². The minimum Gasteiger partial charge on any atom is -0.550 e. The molecule has 7 rings (SSSR count). The molecule has 0 saturated heterocycles. The summed E-state index contributed by atoms with van der Waals surface area (Å²) in [7, 11) is 0. The molecule has 0 spiro atoms. The van der Waals surface area contributed by atoms with Crippen molar-refractivity contribution in [1.29, 1.82) is 0 Å². The number of carboxylic acid groups (broad SMARTS) is 2. The van der Waals surface area contributed by atoms with Crippen LogP contribution in [0, 0.1) is 0 Å². The zero-order valence-electron chi connectivity index (χ0n) is 22.2. The van der Waals surface area contributed by atoms with Gasteiger partial charge >= 0.3 is 16.5 Å². The third kappa shape index (κ3) is 7.37. The van der Waals surface area contributed by atoms with Gasteiger partial charge < -0.3 is 35.2 Å². The summed E-state index contributed by atoms with van der Waals surface area (Å²) in [6.07, 6.45) is 6.95. The van der Waals surface area contributed by atoms with E-state index in [0.29, 0.717) is 0 Å². The summed E-state index contributed by atoms with van der Waals surface area (Å²) in [4.78, 5) is 35.5. The van der Waals surface area contributed by atoms with Crippen LogP contribution >= 0.6 is 0 Å². The summed E-state index contributed by atoms with van der Waals surface area (Å²) < 4.78 is 0. The van der Waals surface area contributed by atoms with Crippen LogP contribution in [-0.2, 0) is 44.4 Å². The Morgan fingerprint density at radius 2 is 1.00 bits per heavy atom. The van der Waals surface area contributed by atoms with Crippen molar-refractivity contribution in [1.82, 2.24) is 19.9 Å². The van der Waals surface area contributed by atoms with E-state index in [9.17, 15) is 19.8 Å². The normalized spacial score (nSPS) is 10.1. The predicted molar refractivity (Wildman–Crippen MR) is 156 cm³/mol. The number of aliphatic carboxylic acids is 2. The minimum atomic E-state index is -1.05. The van der Waals surface area contributed by atoms with Gasteiger partial charge in [0, 0.05) is 82.1 Å². The molecular weight excluding hydrogens is 579 g/mol. The van der Waals surface area contributed by atoms with Crippen LogP contribution in [0.4, 0.5) is 0 Å². The SMILES string of the molecule is O=C([O-])Cc1c[nH]c2ccccc12.O=C([O-])Cc1c[nH]c2ccccc12.[Ni+2].[OH3+].c1cnc2c(c1)ccc1cccnc12. The molecule has 0 aliphatic heterocycles. The van der Waals surface area contributed by atoms with Crippen molar-refractivity contribution in [2.45, 2.75) is 12.8 Å². The molecule has 214 valence electrons. The Balaban J connectivity index is 0.000000169. The molecule has 9 nitrogen and oxygen atoms in total. The molecule has 0 saturated carbocycles. The van der Waals surface area contributed by atoms with Crippen LogP contribution in [0.1, 0.15) is 11.1 Å². The topological polar surface area (TPSA) is 171 Å². The van der Waals surface area contributed by atoms with Crippen LogP contribution in [0.2, 0.25) is 0 Å². The van der Waals surface area contributed by atoms with Gasteiger partial charge in [0.2, 0.25) is 0 Å². The van der Waals surface area contributed by atoms with Gasteiger partial charge in [-0.05, 0) is 35.4 Å². The Hall–Kier alpha value is -5.05. The number of pyridine rings is 2. The van der Waals surface area contributed by atoms with Crippen molar-refractivity contribution >= 4 is 55.6 Å². The van der Waals surface area contributed by atoms with Crippen LogP contribution < -0.4 is 10.2 Å². The van der Waals surface area contributed by atoms with Crippen molar-refractivity contribution in [2.75, 3.05) is 0 Å². The van der Waals surface area contributed by atoms with E-state index in [1.54, 1.807) is 24.8 Å². The van der Waals surface area contributed by atoms with Crippen molar-refractivity contribution < 1.29 is 41.8 Å². The first-order valence-corrected chi connectivity index (χ1v) is 12.6. The van der Waals surface area contributed by atoms with Crippen molar-refractivity contribution in [3.8, 4) is 0 Å². The maximum atomic E-state index is 10.4. The first-order valence-electron chi connectivity index (χ1n) is 12.6. The molecule has 4 aromatic heterocycles. The molecule has 0 aliphatic carbocycles. The smallest absolute Gasteiger partial charge is 0.550 e. The number of carbonyl (C=O) groups excluding carboxylic acids is 2. The molecule has 0 atom stereocenters. The van der Waals surface area contributed by atoms with Gasteiger partial charge in [-0.15, -0.1) is 0 Å². The Morgan fingerprint density at radius 3 is 1.40 bits per heavy atom. The maximum absolute atomic E-state index is 10.4. The Kier molecular flexibility index (Phi) is 10.9. The number of para-hydroxylation sites is 2. The van der Waals surface area contributed by atoms with Crippen LogP contribution in [0.3, 0.4) is 0 Å². The van der Waals surface area contributed by atoms with Gasteiger partial charge in [0.15, 0.2) is 0 Å². The number of hydrogen-bond acceptors (Lipinski definition) is 6. The fourth-order valence-electron chi connectivity index (χ4n) is 4.55. The largest absolute Gasteiger partial charge is 2.00 e. The van der Waals surface area contributed by atoms with E-state index in [0.717, 1.165) is 54.7 Å². The van der Waals surface area contributed by atoms with Crippen LogP contribution in [0.5, 0.6) is 0 Å². The van der Waals surface area contributed by atoms with Crippen LogP contribution in [-0.4, -0.2) is 31.9 Å². The molecule has 0 bridgehead atoms.